The number of nitrogens with zero attached hydrogens (tertiary/aromatic N) is 1. The summed E-state index contributed by atoms with van der Waals surface area (Å²) in [7, 11) is 1.48. The Hall–Kier alpha value is -1.50. The van der Waals surface area contributed by atoms with Crippen LogP contribution in [-0.2, 0) is 0 Å². The number of likely N-dealkylation sites (tertiary alicyclic amines) is 1. The number of methoxy groups -OCH3 is 1. The number of ether oxygens (including phenoxy) is 1. The van der Waals surface area contributed by atoms with Crippen molar-refractivity contribution in [3.8, 4) is 5.75 Å². The van der Waals surface area contributed by atoms with Gasteiger partial charge in [-0.1, -0.05) is 18.5 Å². The Labute approximate surface area is 135 Å². The van der Waals surface area contributed by atoms with Gasteiger partial charge in [-0.2, -0.15) is 0 Å². The predicted molar refractivity (Wildman–Crippen MR) is 86.4 cm³/mol. The Balaban J connectivity index is 2.12. The maximum absolute atomic E-state index is 12.5. The van der Waals surface area contributed by atoms with Gasteiger partial charge in [0.2, 0.25) is 0 Å². The van der Waals surface area contributed by atoms with Crippen LogP contribution >= 0.6 is 11.6 Å². The maximum atomic E-state index is 12.5. The highest BCUT2D eigenvalue weighted by Gasteiger charge is 2.32. The van der Waals surface area contributed by atoms with Gasteiger partial charge in [-0.3, -0.25) is 9.69 Å². The molecule has 2 atom stereocenters. The van der Waals surface area contributed by atoms with Gasteiger partial charge in [0, 0.05) is 24.7 Å². The van der Waals surface area contributed by atoms with Crippen molar-refractivity contribution in [2.24, 2.45) is 0 Å². The second-order valence-electron chi connectivity index (χ2n) is 5.40. The van der Waals surface area contributed by atoms with Gasteiger partial charge in [-0.05, 0) is 19.0 Å². The average Bonchev–Trinajstić information content (AvgIpc) is 2.91. The molecule has 1 saturated heterocycles. The van der Waals surface area contributed by atoms with Crippen molar-refractivity contribution in [2.75, 3.05) is 32.5 Å². The lowest BCUT2D eigenvalue weighted by molar-refractivity contribution is 0.0935. The van der Waals surface area contributed by atoms with Crippen molar-refractivity contribution in [1.82, 2.24) is 10.2 Å². The largest absolute Gasteiger partial charge is 0.496 e. The van der Waals surface area contributed by atoms with Crippen molar-refractivity contribution in [1.29, 1.82) is 0 Å². The molecule has 0 spiro atoms. The van der Waals surface area contributed by atoms with E-state index in [1.54, 1.807) is 6.07 Å². The molecule has 1 fully saturated rings. The van der Waals surface area contributed by atoms with Crippen molar-refractivity contribution in [2.45, 2.75) is 25.4 Å². The molecule has 1 aliphatic rings. The van der Waals surface area contributed by atoms with Crippen LogP contribution in [0.25, 0.3) is 0 Å². The number of aliphatic hydroxyl groups excluding tert-OH is 1. The van der Waals surface area contributed by atoms with Gasteiger partial charge in [-0.15, -0.1) is 0 Å². The summed E-state index contributed by atoms with van der Waals surface area (Å²) in [6.07, 6.45) is 0.723. The Morgan fingerprint density at radius 1 is 1.59 bits per heavy atom. The third-order valence-electron chi connectivity index (χ3n) is 4.04. The van der Waals surface area contributed by atoms with Crippen LogP contribution in [0.4, 0.5) is 5.69 Å². The molecule has 0 aromatic heterocycles. The summed E-state index contributed by atoms with van der Waals surface area (Å²) in [5, 5.41) is 12.7. The fraction of sp³-hybridized carbons (Fsp3) is 0.533. The standard InChI is InChI=1S/C15H22ClN3O3/c1-3-19-7-9(4-10(19)8-20)18-15(21)11-5-12(16)13(17)6-14(11)22-2/h5-6,9-10,20H,3-4,7-8,17H2,1-2H3,(H,18,21)/t9-,10-/m1/s1. The lowest BCUT2D eigenvalue weighted by Gasteiger charge is -2.19. The van der Waals surface area contributed by atoms with Crippen molar-refractivity contribution >= 4 is 23.2 Å². The highest BCUT2D eigenvalue weighted by Crippen LogP contribution is 2.29. The van der Waals surface area contributed by atoms with Crippen LogP contribution in [0, 0.1) is 0 Å². The zero-order chi connectivity index (χ0) is 16.3. The molecule has 1 aliphatic heterocycles. The molecule has 2 rings (SSSR count). The topological polar surface area (TPSA) is 87.8 Å². The molecule has 4 N–H and O–H groups in total. The predicted octanol–water partition coefficient (Wildman–Crippen LogP) is 1.12. The molecule has 122 valence electrons. The Morgan fingerprint density at radius 3 is 2.86 bits per heavy atom. The fourth-order valence-corrected chi connectivity index (χ4v) is 3.01. The first-order valence-corrected chi connectivity index (χ1v) is 7.66. The van der Waals surface area contributed by atoms with Crippen molar-refractivity contribution in [3.05, 3.63) is 22.7 Å². The molecule has 1 aromatic rings. The van der Waals surface area contributed by atoms with E-state index in [0.717, 1.165) is 19.5 Å². The second kappa shape index (κ2) is 7.17. The summed E-state index contributed by atoms with van der Waals surface area (Å²) >= 11 is 5.99. The van der Waals surface area contributed by atoms with Gasteiger partial charge >= 0.3 is 0 Å². The van der Waals surface area contributed by atoms with Crippen LogP contribution in [0.15, 0.2) is 12.1 Å². The number of nitrogens with two attached hydrogens (primary N) is 1. The summed E-state index contributed by atoms with van der Waals surface area (Å²) in [5.74, 6) is 0.141. The number of nitrogen functional groups attached to an aromatic ring is 1. The molecule has 0 unspecified atom stereocenters. The van der Waals surface area contributed by atoms with E-state index in [1.165, 1.54) is 13.2 Å². The van der Waals surface area contributed by atoms with E-state index in [1.807, 2.05) is 6.92 Å². The van der Waals surface area contributed by atoms with E-state index < -0.39 is 0 Å². The Morgan fingerprint density at radius 2 is 2.32 bits per heavy atom. The van der Waals surface area contributed by atoms with Gasteiger partial charge in [0.25, 0.3) is 5.91 Å². The van der Waals surface area contributed by atoms with E-state index in [4.69, 9.17) is 22.1 Å². The highest BCUT2D eigenvalue weighted by atomic mass is 35.5. The number of anilines is 1. The summed E-state index contributed by atoms with van der Waals surface area (Å²) in [4.78, 5) is 14.6. The van der Waals surface area contributed by atoms with Gasteiger partial charge < -0.3 is 20.9 Å². The number of amides is 1. The number of carbonyl (C=O) groups is 1. The van der Waals surface area contributed by atoms with Gasteiger partial charge in [0.1, 0.15) is 5.75 Å². The molecule has 6 nitrogen and oxygen atoms in total. The molecule has 7 heteroatoms. The number of hydrogen-bond donors (Lipinski definition) is 3. The molecule has 1 amide bonds. The van der Waals surface area contributed by atoms with Gasteiger partial charge in [0.05, 0.1) is 30.0 Å². The number of benzene rings is 1. The number of likely N-dealkylation sites (N-methyl/N-ethyl adjacent to an activating group) is 1. The molecular formula is C15H22ClN3O3. The van der Waals surface area contributed by atoms with Crippen LogP contribution in [0.5, 0.6) is 5.75 Å². The molecule has 0 radical (unpaired) electrons. The number of aliphatic hydroxyl groups is 1. The SMILES string of the molecule is CCN1C[C@H](NC(=O)c2cc(Cl)c(N)cc2OC)C[C@@H]1CO. The number of carbonyl (C=O) groups excluding carboxylic acids is 1. The molecule has 22 heavy (non-hydrogen) atoms. The summed E-state index contributed by atoms with van der Waals surface area (Å²) in [6.45, 7) is 3.69. The minimum absolute atomic E-state index is 0.00867. The molecule has 0 bridgehead atoms. The fourth-order valence-electron chi connectivity index (χ4n) is 2.84. The zero-order valence-electron chi connectivity index (χ0n) is 12.8. The van der Waals surface area contributed by atoms with E-state index in [2.05, 4.69) is 10.2 Å². The normalized spacial score (nSPS) is 21.8. The van der Waals surface area contributed by atoms with E-state index in [0.29, 0.717) is 22.0 Å². The van der Waals surface area contributed by atoms with E-state index in [9.17, 15) is 9.90 Å². The third-order valence-corrected chi connectivity index (χ3v) is 4.37. The maximum Gasteiger partial charge on any atom is 0.255 e. The number of rotatable bonds is 5. The number of halogens is 1. The molecule has 0 aliphatic carbocycles. The first-order valence-electron chi connectivity index (χ1n) is 7.28. The second-order valence-corrected chi connectivity index (χ2v) is 5.81. The monoisotopic (exact) mass is 327 g/mol. The van der Waals surface area contributed by atoms with Gasteiger partial charge in [0.15, 0.2) is 0 Å². The summed E-state index contributed by atoms with van der Waals surface area (Å²) in [6, 6.07) is 3.14. The lowest BCUT2D eigenvalue weighted by Crippen LogP contribution is -2.37. The van der Waals surface area contributed by atoms with Crippen molar-refractivity contribution in [3.63, 3.8) is 0 Å². The van der Waals surface area contributed by atoms with Crippen molar-refractivity contribution < 1.29 is 14.6 Å². The molecule has 1 aromatic carbocycles. The smallest absolute Gasteiger partial charge is 0.255 e. The van der Waals surface area contributed by atoms with E-state index in [-0.39, 0.29) is 24.6 Å². The average molecular weight is 328 g/mol. The van der Waals surface area contributed by atoms with Crippen LogP contribution in [0.3, 0.4) is 0 Å². The van der Waals surface area contributed by atoms with Crippen LogP contribution < -0.4 is 15.8 Å². The molecular weight excluding hydrogens is 306 g/mol. The Kier molecular flexibility index (Phi) is 5.50. The minimum Gasteiger partial charge on any atom is -0.496 e. The first kappa shape index (κ1) is 16.9. The number of nitrogens with one attached hydrogen (secondary N) is 1. The molecule has 1 heterocycles. The molecule has 0 saturated carbocycles. The lowest BCUT2D eigenvalue weighted by atomic mass is 10.1. The van der Waals surface area contributed by atoms with Crippen LogP contribution in [0.2, 0.25) is 5.02 Å². The quantitative estimate of drug-likeness (QED) is 0.705. The zero-order valence-corrected chi connectivity index (χ0v) is 13.6. The highest BCUT2D eigenvalue weighted by molar-refractivity contribution is 6.33. The summed E-state index contributed by atoms with van der Waals surface area (Å²) < 4.78 is 5.20. The summed E-state index contributed by atoms with van der Waals surface area (Å²) in [5.41, 5.74) is 6.45. The number of hydrogen-bond acceptors (Lipinski definition) is 5. The Bertz CT molecular complexity index is 541. The van der Waals surface area contributed by atoms with Crippen LogP contribution in [0.1, 0.15) is 23.7 Å². The third kappa shape index (κ3) is 3.45. The van der Waals surface area contributed by atoms with E-state index >= 15 is 0 Å². The van der Waals surface area contributed by atoms with Crippen LogP contribution in [-0.4, -0.2) is 54.8 Å². The first-order chi connectivity index (χ1) is 10.5. The minimum atomic E-state index is -0.251. The van der Waals surface area contributed by atoms with Gasteiger partial charge in [-0.25, -0.2) is 0 Å².